The van der Waals surface area contributed by atoms with Crippen LogP contribution >= 0.6 is 0 Å². The third kappa shape index (κ3) is 3.32. The highest BCUT2D eigenvalue weighted by atomic mass is 16.3. The summed E-state index contributed by atoms with van der Waals surface area (Å²) in [5.41, 5.74) is 6.31. The minimum atomic E-state index is -0.863. The van der Waals surface area contributed by atoms with E-state index in [9.17, 15) is 15.3 Å². The lowest BCUT2D eigenvalue weighted by atomic mass is 9.60. The summed E-state index contributed by atoms with van der Waals surface area (Å²) in [5, 5.41) is 44.1. The Labute approximate surface area is 261 Å². The van der Waals surface area contributed by atoms with Crippen molar-refractivity contribution in [3.8, 4) is 5.75 Å². The molecule has 7 nitrogen and oxygen atoms in total. The highest BCUT2D eigenvalue weighted by Crippen LogP contribution is 2.58. The Balaban J connectivity index is 1.31. The Morgan fingerprint density at radius 1 is 0.489 bits per heavy atom. The fraction of sp³-hybridized carbons (Fsp3) is 0.263. The van der Waals surface area contributed by atoms with Crippen LogP contribution in [0.25, 0.3) is 43.1 Å². The van der Waals surface area contributed by atoms with Crippen LogP contribution in [-0.4, -0.2) is 69.1 Å². The van der Waals surface area contributed by atoms with E-state index in [0.717, 1.165) is 79.2 Å². The molecule has 2 heterocycles. The number of fused-ring (bicyclic) bond motifs is 4. The number of phenols is 1. The fourth-order valence-corrected chi connectivity index (χ4v) is 8.97. The molecule has 1 fully saturated rings. The van der Waals surface area contributed by atoms with Crippen molar-refractivity contribution in [1.82, 2.24) is 0 Å². The molecule has 6 aromatic carbocycles. The van der Waals surface area contributed by atoms with Crippen LogP contribution in [0.5, 0.6) is 5.75 Å². The van der Waals surface area contributed by atoms with Crippen LogP contribution in [0, 0.1) is 0 Å². The van der Waals surface area contributed by atoms with E-state index in [2.05, 4.69) is 96.3 Å². The van der Waals surface area contributed by atoms with Gasteiger partial charge in [0.05, 0.1) is 36.9 Å². The molecule has 3 N–H and O–H groups in total. The molecule has 2 unspecified atom stereocenters. The molecule has 0 amide bonds. The zero-order chi connectivity index (χ0) is 30.9. The van der Waals surface area contributed by atoms with Gasteiger partial charge in [-0.2, -0.15) is 0 Å². The summed E-state index contributed by atoms with van der Waals surface area (Å²) in [5.74, 6) is -0.916. The van der Waals surface area contributed by atoms with Gasteiger partial charge in [-0.05, 0) is 45.5 Å². The number of aliphatic hydroxyl groups excluding tert-OH is 2. The first-order valence-corrected chi connectivity index (χ1v) is 15.7. The molecule has 9 rings (SSSR count). The van der Waals surface area contributed by atoms with Crippen molar-refractivity contribution >= 4 is 65.8 Å². The first kappa shape index (κ1) is 26.7. The lowest BCUT2D eigenvalue weighted by molar-refractivity contribution is -0.0766. The highest BCUT2D eigenvalue weighted by molar-refractivity contribution is 6.21. The number of aliphatic hydroxyl groups is 2. The molecule has 7 heteroatoms. The van der Waals surface area contributed by atoms with E-state index in [4.69, 9.17) is 0 Å². The number of benzene rings is 6. The van der Waals surface area contributed by atoms with Gasteiger partial charge in [-0.1, -0.05) is 60.7 Å². The van der Waals surface area contributed by atoms with Crippen molar-refractivity contribution in [2.24, 2.45) is 0 Å². The molecule has 0 radical (unpaired) electrons. The van der Waals surface area contributed by atoms with Gasteiger partial charge in [-0.15, -0.1) is 0 Å². The van der Waals surface area contributed by atoms with E-state index in [-0.39, 0.29) is 5.75 Å². The number of nitrogens with zero attached hydrogens (tertiary/aromatic N) is 4. The van der Waals surface area contributed by atoms with Gasteiger partial charge in [0, 0.05) is 78.3 Å². The first-order valence-electron chi connectivity index (χ1n) is 15.7. The second kappa shape index (κ2) is 9.16. The topological polar surface area (TPSA) is 73.7 Å². The molecule has 45 heavy (non-hydrogen) atoms. The maximum absolute atomic E-state index is 12.3. The van der Waals surface area contributed by atoms with Crippen molar-refractivity contribution < 1.29 is 15.3 Å². The molecule has 6 aromatic rings. The summed E-state index contributed by atoms with van der Waals surface area (Å²) in [6, 6.07) is 26.7. The molecule has 2 atom stereocenters. The molecule has 0 saturated heterocycles. The van der Waals surface area contributed by atoms with Crippen LogP contribution in [0.4, 0.5) is 22.7 Å². The Morgan fingerprint density at radius 2 is 0.956 bits per heavy atom. The SMILES string of the molecule is CN1CN(C)c2c3ccccc3c(C3C(O)C(c4c5cccc6c5c(c5cccc(O)c45)N(C)CN6C)C3O)c3cccc1c23. The normalized spacial score (nSPS) is 22.6. The van der Waals surface area contributed by atoms with Crippen LogP contribution in [0.1, 0.15) is 23.0 Å². The number of hydrogen-bond donors (Lipinski definition) is 3. The summed E-state index contributed by atoms with van der Waals surface area (Å²) in [7, 11) is 8.39. The monoisotopic (exact) mass is 596 g/mol. The molecule has 0 aromatic heterocycles. The number of anilines is 4. The standard InChI is InChI=1S/C38H36N4O3/c1-39-18-41(3)35-21-11-6-5-10-20(21)28(22-12-7-15-25(39)29(22)35)33-37(44)34(38(33)45)32-23-13-8-16-26-30(23)36(42(4)19-40(26)2)24-14-9-17-27(43)31(24)32/h5-17,33-34,37-38,43-45H,18-19H2,1-4H3. The molecular formula is C38H36N4O3. The number of aromatic hydroxyl groups is 1. The summed E-state index contributed by atoms with van der Waals surface area (Å²) in [6.45, 7) is 1.49. The van der Waals surface area contributed by atoms with Crippen LogP contribution in [0.15, 0.2) is 78.9 Å². The average molecular weight is 597 g/mol. The van der Waals surface area contributed by atoms with Crippen LogP contribution in [0.2, 0.25) is 0 Å². The maximum atomic E-state index is 12.3. The Bertz CT molecular complexity index is 2220. The van der Waals surface area contributed by atoms with Crippen molar-refractivity contribution in [2.75, 3.05) is 61.1 Å². The van der Waals surface area contributed by atoms with Gasteiger partial charge >= 0.3 is 0 Å². The van der Waals surface area contributed by atoms with Crippen LogP contribution < -0.4 is 19.6 Å². The van der Waals surface area contributed by atoms with Crippen LogP contribution in [0.3, 0.4) is 0 Å². The largest absolute Gasteiger partial charge is 0.507 e. The summed E-state index contributed by atoms with van der Waals surface area (Å²) >= 11 is 0. The number of hydrogen-bond acceptors (Lipinski definition) is 7. The third-order valence-electron chi connectivity index (χ3n) is 10.8. The maximum Gasteiger partial charge on any atom is 0.123 e. The lowest BCUT2D eigenvalue weighted by Gasteiger charge is -2.49. The van der Waals surface area contributed by atoms with E-state index in [1.165, 1.54) is 5.69 Å². The first-order chi connectivity index (χ1) is 21.8. The molecule has 1 aliphatic carbocycles. The summed E-state index contributed by atoms with van der Waals surface area (Å²) in [6.07, 6.45) is -1.73. The van der Waals surface area contributed by atoms with Gasteiger partial charge in [-0.25, -0.2) is 0 Å². The van der Waals surface area contributed by atoms with Crippen LogP contribution in [-0.2, 0) is 0 Å². The van der Waals surface area contributed by atoms with Crippen molar-refractivity contribution in [3.05, 3.63) is 90.0 Å². The molecule has 0 bridgehead atoms. The molecule has 2 aliphatic heterocycles. The quantitative estimate of drug-likeness (QED) is 0.203. The molecule has 3 aliphatic rings. The van der Waals surface area contributed by atoms with E-state index < -0.39 is 24.0 Å². The van der Waals surface area contributed by atoms with Gasteiger partial charge in [0.15, 0.2) is 0 Å². The zero-order valence-corrected chi connectivity index (χ0v) is 25.9. The predicted octanol–water partition coefficient (Wildman–Crippen LogP) is 6.29. The second-order valence-corrected chi connectivity index (χ2v) is 13.3. The minimum Gasteiger partial charge on any atom is -0.507 e. The molecule has 226 valence electrons. The summed E-state index contributed by atoms with van der Waals surface area (Å²) in [4.78, 5) is 8.98. The zero-order valence-electron chi connectivity index (χ0n) is 25.9. The molecular weight excluding hydrogens is 560 g/mol. The van der Waals surface area contributed by atoms with E-state index >= 15 is 0 Å². The molecule has 0 spiro atoms. The predicted molar refractivity (Wildman–Crippen MR) is 185 cm³/mol. The van der Waals surface area contributed by atoms with Gasteiger partial charge in [0.2, 0.25) is 0 Å². The number of phenolic OH excluding ortho intramolecular Hbond substituents is 1. The third-order valence-corrected chi connectivity index (χ3v) is 10.8. The molecule has 1 saturated carbocycles. The average Bonchev–Trinajstić information content (AvgIpc) is 3.03. The summed E-state index contributed by atoms with van der Waals surface area (Å²) < 4.78 is 0. The minimum absolute atomic E-state index is 0.166. The van der Waals surface area contributed by atoms with Crippen molar-refractivity contribution in [2.45, 2.75) is 24.0 Å². The van der Waals surface area contributed by atoms with E-state index in [0.29, 0.717) is 5.39 Å². The van der Waals surface area contributed by atoms with Gasteiger partial charge in [0.1, 0.15) is 5.75 Å². The van der Waals surface area contributed by atoms with Crippen molar-refractivity contribution in [3.63, 3.8) is 0 Å². The van der Waals surface area contributed by atoms with E-state index in [1.54, 1.807) is 6.07 Å². The smallest absolute Gasteiger partial charge is 0.123 e. The van der Waals surface area contributed by atoms with Gasteiger partial charge in [0.25, 0.3) is 0 Å². The van der Waals surface area contributed by atoms with Crippen molar-refractivity contribution in [1.29, 1.82) is 0 Å². The lowest BCUT2D eigenvalue weighted by Crippen LogP contribution is -2.52. The fourth-order valence-electron chi connectivity index (χ4n) is 8.97. The Hall–Kier alpha value is -4.72. The van der Waals surface area contributed by atoms with Gasteiger partial charge < -0.3 is 34.9 Å². The van der Waals surface area contributed by atoms with Gasteiger partial charge in [-0.3, -0.25) is 0 Å². The second-order valence-electron chi connectivity index (χ2n) is 13.3. The Kier molecular flexibility index (Phi) is 5.43. The number of rotatable bonds is 2. The highest BCUT2D eigenvalue weighted by Gasteiger charge is 2.53. The Morgan fingerprint density at radius 3 is 1.58 bits per heavy atom. The van der Waals surface area contributed by atoms with E-state index in [1.807, 2.05) is 24.3 Å².